The number of carbonyl (C=O) groups is 2. The highest BCUT2D eigenvalue weighted by Crippen LogP contribution is 2.17. The molecule has 0 saturated carbocycles. The molecule has 0 aliphatic heterocycles. The molecule has 2 aromatic carbocycles. The van der Waals surface area contributed by atoms with Crippen LogP contribution in [-0.4, -0.2) is 18.4 Å². The summed E-state index contributed by atoms with van der Waals surface area (Å²) in [6.45, 7) is 3.91. The normalized spacial score (nSPS) is 10.2. The summed E-state index contributed by atoms with van der Waals surface area (Å²) < 4.78 is 0.967. The molecule has 2 N–H and O–H groups in total. The molecule has 120 valence electrons. The van der Waals surface area contributed by atoms with Crippen LogP contribution in [0.2, 0.25) is 0 Å². The molecule has 0 saturated heterocycles. The van der Waals surface area contributed by atoms with Gasteiger partial charge in [0.15, 0.2) is 0 Å². The summed E-state index contributed by atoms with van der Waals surface area (Å²) in [5.41, 5.74) is 3.82. The molecule has 0 unspecified atom stereocenters. The van der Waals surface area contributed by atoms with Gasteiger partial charge in [-0.1, -0.05) is 40.2 Å². The van der Waals surface area contributed by atoms with Crippen molar-refractivity contribution in [3.8, 4) is 0 Å². The molecule has 2 aromatic rings. The summed E-state index contributed by atoms with van der Waals surface area (Å²) in [6, 6.07) is 13.3. The van der Waals surface area contributed by atoms with Crippen molar-refractivity contribution in [3.05, 3.63) is 63.6 Å². The second kappa shape index (κ2) is 7.92. The van der Waals surface area contributed by atoms with Crippen LogP contribution in [0.5, 0.6) is 0 Å². The van der Waals surface area contributed by atoms with Crippen molar-refractivity contribution in [2.45, 2.75) is 20.3 Å². The van der Waals surface area contributed by atoms with E-state index in [-0.39, 0.29) is 24.8 Å². The van der Waals surface area contributed by atoms with Crippen molar-refractivity contribution in [2.75, 3.05) is 11.9 Å². The Morgan fingerprint density at radius 3 is 2.39 bits per heavy atom. The minimum Gasteiger partial charge on any atom is -0.347 e. The molecule has 5 heteroatoms. The molecule has 4 nitrogen and oxygen atoms in total. The zero-order chi connectivity index (χ0) is 16.8. The van der Waals surface area contributed by atoms with Crippen LogP contribution in [0, 0.1) is 13.8 Å². The summed E-state index contributed by atoms with van der Waals surface area (Å²) in [6.07, 6.45) is 0.254. The van der Waals surface area contributed by atoms with Gasteiger partial charge in [-0.05, 0) is 48.7 Å². The van der Waals surface area contributed by atoms with Crippen LogP contribution in [0.25, 0.3) is 0 Å². The SMILES string of the molecule is Cc1cccc(NC(=O)CNC(=O)Cc2ccc(Br)cc2)c1C. The van der Waals surface area contributed by atoms with E-state index in [0.717, 1.165) is 26.9 Å². The Bertz CT molecular complexity index is 711. The van der Waals surface area contributed by atoms with E-state index in [9.17, 15) is 9.59 Å². The van der Waals surface area contributed by atoms with Gasteiger partial charge in [-0.15, -0.1) is 0 Å². The zero-order valence-corrected chi connectivity index (χ0v) is 14.7. The lowest BCUT2D eigenvalue weighted by atomic mass is 10.1. The average Bonchev–Trinajstić information content (AvgIpc) is 2.52. The third kappa shape index (κ3) is 5.21. The first-order chi connectivity index (χ1) is 11.0. The first kappa shape index (κ1) is 17.2. The molecule has 0 aromatic heterocycles. The standard InChI is InChI=1S/C18H19BrN2O2/c1-12-4-3-5-16(13(12)2)21-18(23)11-20-17(22)10-14-6-8-15(19)9-7-14/h3-9H,10-11H2,1-2H3,(H,20,22)(H,21,23). The number of aryl methyl sites for hydroxylation is 1. The van der Waals surface area contributed by atoms with E-state index in [4.69, 9.17) is 0 Å². The van der Waals surface area contributed by atoms with Gasteiger partial charge >= 0.3 is 0 Å². The summed E-state index contributed by atoms with van der Waals surface area (Å²) in [5, 5.41) is 5.46. The predicted molar refractivity (Wildman–Crippen MR) is 95.4 cm³/mol. The molecule has 0 spiro atoms. The van der Waals surface area contributed by atoms with Crippen molar-refractivity contribution in [1.29, 1.82) is 0 Å². The number of halogens is 1. The Hall–Kier alpha value is -2.14. The number of hydrogen-bond donors (Lipinski definition) is 2. The van der Waals surface area contributed by atoms with Crippen molar-refractivity contribution < 1.29 is 9.59 Å². The Kier molecular flexibility index (Phi) is 5.93. The van der Waals surface area contributed by atoms with Crippen LogP contribution in [0.15, 0.2) is 46.9 Å². The lowest BCUT2D eigenvalue weighted by Crippen LogP contribution is -2.33. The van der Waals surface area contributed by atoms with E-state index >= 15 is 0 Å². The lowest BCUT2D eigenvalue weighted by molar-refractivity contribution is -0.123. The van der Waals surface area contributed by atoms with Crippen LogP contribution >= 0.6 is 15.9 Å². The van der Waals surface area contributed by atoms with Gasteiger partial charge in [0.2, 0.25) is 11.8 Å². The van der Waals surface area contributed by atoms with Crippen LogP contribution < -0.4 is 10.6 Å². The predicted octanol–water partition coefficient (Wildman–Crippen LogP) is 3.36. The van der Waals surface area contributed by atoms with Crippen molar-refractivity contribution >= 4 is 33.4 Å². The third-order valence-corrected chi connectivity index (χ3v) is 4.13. The van der Waals surface area contributed by atoms with Gasteiger partial charge < -0.3 is 10.6 Å². The number of rotatable bonds is 5. The van der Waals surface area contributed by atoms with Gasteiger partial charge in [-0.2, -0.15) is 0 Å². The van der Waals surface area contributed by atoms with Crippen LogP contribution in [0.4, 0.5) is 5.69 Å². The van der Waals surface area contributed by atoms with E-state index in [2.05, 4.69) is 26.6 Å². The van der Waals surface area contributed by atoms with E-state index in [0.29, 0.717) is 0 Å². The maximum atomic E-state index is 11.9. The first-order valence-corrected chi connectivity index (χ1v) is 8.12. The van der Waals surface area contributed by atoms with Crippen LogP contribution in [-0.2, 0) is 16.0 Å². The summed E-state index contributed by atoms with van der Waals surface area (Å²) >= 11 is 3.35. The first-order valence-electron chi connectivity index (χ1n) is 7.33. The second-order valence-corrected chi connectivity index (χ2v) is 6.29. The van der Waals surface area contributed by atoms with Crippen molar-refractivity contribution in [3.63, 3.8) is 0 Å². The molecule has 0 fully saturated rings. The Labute approximate surface area is 144 Å². The zero-order valence-electron chi connectivity index (χ0n) is 13.2. The summed E-state index contributed by atoms with van der Waals surface area (Å²) in [7, 11) is 0. The highest BCUT2D eigenvalue weighted by molar-refractivity contribution is 9.10. The minimum absolute atomic E-state index is 0.0389. The van der Waals surface area contributed by atoms with Gasteiger partial charge in [-0.25, -0.2) is 0 Å². The number of carbonyl (C=O) groups excluding carboxylic acids is 2. The van der Waals surface area contributed by atoms with Crippen LogP contribution in [0.1, 0.15) is 16.7 Å². The number of benzene rings is 2. The maximum absolute atomic E-state index is 11.9. The van der Waals surface area contributed by atoms with Gasteiger partial charge in [-0.3, -0.25) is 9.59 Å². The Morgan fingerprint density at radius 2 is 1.70 bits per heavy atom. The van der Waals surface area contributed by atoms with Gasteiger partial charge in [0.05, 0.1) is 13.0 Å². The van der Waals surface area contributed by atoms with Gasteiger partial charge in [0, 0.05) is 10.2 Å². The van der Waals surface area contributed by atoms with E-state index in [1.54, 1.807) is 0 Å². The number of anilines is 1. The quantitative estimate of drug-likeness (QED) is 0.842. The molecule has 0 aliphatic rings. The van der Waals surface area contributed by atoms with Gasteiger partial charge in [0.1, 0.15) is 0 Å². The molecule has 0 heterocycles. The number of hydrogen-bond acceptors (Lipinski definition) is 2. The second-order valence-electron chi connectivity index (χ2n) is 5.38. The molecule has 0 atom stereocenters. The summed E-state index contributed by atoms with van der Waals surface area (Å²) in [4.78, 5) is 23.8. The van der Waals surface area contributed by atoms with E-state index in [1.807, 2.05) is 56.3 Å². The molecule has 0 radical (unpaired) electrons. The fraction of sp³-hybridized carbons (Fsp3) is 0.222. The molecule has 2 rings (SSSR count). The number of nitrogens with one attached hydrogen (secondary N) is 2. The molecule has 0 aliphatic carbocycles. The summed E-state index contributed by atoms with van der Waals surface area (Å²) in [5.74, 6) is -0.411. The molecule has 2 amide bonds. The molecular formula is C18H19BrN2O2. The molecule has 0 bridgehead atoms. The Balaban J connectivity index is 1.83. The third-order valence-electron chi connectivity index (χ3n) is 3.60. The fourth-order valence-electron chi connectivity index (χ4n) is 2.11. The highest BCUT2D eigenvalue weighted by atomic mass is 79.9. The average molecular weight is 375 g/mol. The van der Waals surface area contributed by atoms with Crippen molar-refractivity contribution in [2.24, 2.45) is 0 Å². The van der Waals surface area contributed by atoms with E-state index < -0.39 is 0 Å². The van der Waals surface area contributed by atoms with Gasteiger partial charge in [0.25, 0.3) is 0 Å². The van der Waals surface area contributed by atoms with E-state index in [1.165, 1.54) is 0 Å². The van der Waals surface area contributed by atoms with Crippen molar-refractivity contribution in [1.82, 2.24) is 5.32 Å². The molecular weight excluding hydrogens is 356 g/mol. The lowest BCUT2D eigenvalue weighted by Gasteiger charge is -2.11. The topological polar surface area (TPSA) is 58.2 Å². The smallest absolute Gasteiger partial charge is 0.243 e. The largest absolute Gasteiger partial charge is 0.347 e. The highest BCUT2D eigenvalue weighted by Gasteiger charge is 2.08. The fourth-order valence-corrected chi connectivity index (χ4v) is 2.37. The van der Waals surface area contributed by atoms with Crippen LogP contribution in [0.3, 0.4) is 0 Å². The number of amides is 2. The Morgan fingerprint density at radius 1 is 1.00 bits per heavy atom. The monoisotopic (exact) mass is 374 g/mol. The maximum Gasteiger partial charge on any atom is 0.243 e. The minimum atomic E-state index is -0.233. The molecule has 23 heavy (non-hydrogen) atoms.